The lowest BCUT2D eigenvalue weighted by molar-refractivity contribution is 0.0820. The summed E-state index contributed by atoms with van der Waals surface area (Å²) in [6.45, 7) is 3.92. The molecule has 0 atom stereocenters. The second-order valence-electron chi connectivity index (χ2n) is 5.15. The highest BCUT2D eigenvalue weighted by Crippen LogP contribution is 2.19. The van der Waals surface area contributed by atoms with E-state index in [1.807, 2.05) is 13.8 Å². The van der Waals surface area contributed by atoms with E-state index >= 15 is 0 Å². The molecule has 0 bridgehead atoms. The fourth-order valence-electron chi connectivity index (χ4n) is 1.86. The Hall–Kier alpha value is -2.03. The van der Waals surface area contributed by atoms with E-state index in [0.717, 1.165) is 0 Å². The Kier molecular flexibility index (Phi) is 6.22. The summed E-state index contributed by atoms with van der Waals surface area (Å²) < 4.78 is 10.3. The second kappa shape index (κ2) is 7.67. The van der Waals surface area contributed by atoms with Crippen LogP contribution in [0.25, 0.3) is 0 Å². The highest BCUT2D eigenvalue weighted by molar-refractivity contribution is 5.95. The summed E-state index contributed by atoms with van der Waals surface area (Å²) in [4.78, 5) is 12.3. The van der Waals surface area contributed by atoms with Crippen LogP contribution < -0.4 is 10.1 Å². The van der Waals surface area contributed by atoms with E-state index < -0.39 is 5.54 Å². The van der Waals surface area contributed by atoms with Crippen molar-refractivity contribution in [1.29, 1.82) is 0 Å². The Morgan fingerprint density at radius 2 is 2.10 bits per heavy atom. The van der Waals surface area contributed by atoms with E-state index in [-0.39, 0.29) is 12.5 Å². The van der Waals surface area contributed by atoms with Crippen molar-refractivity contribution >= 4 is 5.91 Å². The van der Waals surface area contributed by atoms with Crippen molar-refractivity contribution in [3.63, 3.8) is 0 Å². The highest BCUT2D eigenvalue weighted by Gasteiger charge is 2.21. The van der Waals surface area contributed by atoms with E-state index in [4.69, 9.17) is 14.6 Å². The number of benzene rings is 1. The smallest absolute Gasteiger partial charge is 0.251 e. The van der Waals surface area contributed by atoms with Gasteiger partial charge in [-0.05, 0) is 32.0 Å². The second-order valence-corrected chi connectivity index (χ2v) is 5.15. The largest absolute Gasteiger partial charge is 0.495 e. The summed E-state index contributed by atoms with van der Waals surface area (Å²) >= 11 is 0. The maximum Gasteiger partial charge on any atom is 0.251 e. The molecule has 1 amide bonds. The lowest BCUT2D eigenvalue weighted by atomic mass is 10.0. The van der Waals surface area contributed by atoms with Crippen LogP contribution in [0, 0.1) is 11.8 Å². The van der Waals surface area contributed by atoms with Crippen LogP contribution in [0.5, 0.6) is 5.75 Å². The first-order valence-corrected chi connectivity index (χ1v) is 6.52. The van der Waals surface area contributed by atoms with Crippen LogP contribution in [-0.2, 0) is 4.74 Å². The third-order valence-electron chi connectivity index (χ3n) is 2.72. The van der Waals surface area contributed by atoms with Gasteiger partial charge in [-0.2, -0.15) is 0 Å². The van der Waals surface area contributed by atoms with Gasteiger partial charge in [-0.15, -0.1) is 0 Å². The molecule has 0 aliphatic heterocycles. The maximum atomic E-state index is 12.3. The van der Waals surface area contributed by atoms with E-state index in [0.29, 0.717) is 23.5 Å². The molecule has 1 rings (SSSR count). The van der Waals surface area contributed by atoms with Crippen LogP contribution >= 0.6 is 0 Å². The number of methoxy groups -OCH3 is 2. The Morgan fingerprint density at radius 1 is 1.38 bits per heavy atom. The van der Waals surface area contributed by atoms with Crippen molar-refractivity contribution in [2.75, 3.05) is 27.4 Å². The molecule has 0 aliphatic rings. The molecule has 1 aromatic carbocycles. The van der Waals surface area contributed by atoms with E-state index in [1.54, 1.807) is 25.3 Å². The number of aliphatic hydroxyl groups excluding tert-OH is 1. The van der Waals surface area contributed by atoms with E-state index in [9.17, 15) is 4.79 Å². The summed E-state index contributed by atoms with van der Waals surface area (Å²) in [5.41, 5.74) is 0.564. The number of carbonyl (C=O) groups is 1. The third kappa shape index (κ3) is 5.10. The predicted molar refractivity (Wildman–Crippen MR) is 80.4 cm³/mol. The molecule has 0 saturated carbocycles. The molecular formula is C16H21NO4. The molecule has 0 heterocycles. The van der Waals surface area contributed by atoms with Crippen LogP contribution in [-0.4, -0.2) is 44.0 Å². The van der Waals surface area contributed by atoms with Crippen molar-refractivity contribution in [2.24, 2.45) is 0 Å². The first kappa shape index (κ1) is 17.0. The topological polar surface area (TPSA) is 67.8 Å². The van der Waals surface area contributed by atoms with Gasteiger partial charge in [-0.25, -0.2) is 0 Å². The number of nitrogens with one attached hydrogen (secondary N) is 1. The first-order chi connectivity index (χ1) is 9.93. The fourth-order valence-corrected chi connectivity index (χ4v) is 1.86. The standard InChI is InChI=1S/C16H21NO4/c1-16(2,11-20-3)17-15(19)13-7-8-14(21-4)12(10-13)6-5-9-18/h7-8,10,18H,9,11H2,1-4H3,(H,17,19). The molecule has 5 nitrogen and oxygen atoms in total. The van der Waals surface area contributed by atoms with Gasteiger partial charge in [0, 0.05) is 12.7 Å². The quantitative estimate of drug-likeness (QED) is 0.800. The molecule has 0 fully saturated rings. The van der Waals surface area contributed by atoms with Gasteiger partial charge in [0.15, 0.2) is 0 Å². The predicted octanol–water partition coefficient (Wildman–Crippen LogP) is 1.19. The van der Waals surface area contributed by atoms with Crippen molar-refractivity contribution in [3.8, 4) is 17.6 Å². The van der Waals surface area contributed by atoms with E-state index in [2.05, 4.69) is 17.2 Å². The van der Waals surface area contributed by atoms with Crippen LogP contribution in [0.1, 0.15) is 29.8 Å². The van der Waals surface area contributed by atoms with Crippen LogP contribution in [0.15, 0.2) is 18.2 Å². The first-order valence-electron chi connectivity index (χ1n) is 6.52. The average molecular weight is 291 g/mol. The number of rotatable bonds is 5. The maximum absolute atomic E-state index is 12.3. The Morgan fingerprint density at radius 3 is 2.67 bits per heavy atom. The van der Waals surface area contributed by atoms with Crippen molar-refractivity contribution in [3.05, 3.63) is 29.3 Å². The van der Waals surface area contributed by atoms with Gasteiger partial charge >= 0.3 is 0 Å². The molecule has 2 N–H and O–H groups in total. The third-order valence-corrected chi connectivity index (χ3v) is 2.72. The Balaban J connectivity index is 3.00. The molecular weight excluding hydrogens is 270 g/mol. The van der Waals surface area contributed by atoms with Crippen LogP contribution in [0.4, 0.5) is 0 Å². The zero-order chi connectivity index (χ0) is 15.9. The van der Waals surface area contributed by atoms with Gasteiger partial charge < -0.3 is 19.9 Å². The number of amides is 1. The van der Waals surface area contributed by atoms with Gasteiger partial charge in [0.2, 0.25) is 0 Å². The van der Waals surface area contributed by atoms with Gasteiger partial charge in [-0.1, -0.05) is 11.8 Å². The number of carbonyl (C=O) groups excluding carboxylic acids is 1. The minimum absolute atomic E-state index is 0.216. The molecule has 0 aliphatic carbocycles. The van der Waals surface area contributed by atoms with E-state index in [1.165, 1.54) is 7.11 Å². The summed E-state index contributed by atoms with van der Waals surface area (Å²) in [6.07, 6.45) is 0. The van der Waals surface area contributed by atoms with Gasteiger partial charge in [-0.3, -0.25) is 4.79 Å². The molecule has 5 heteroatoms. The number of hydrogen-bond acceptors (Lipinski definition) is 4. The number of ether oxygens (including phenoxy) is 2. The lowest BCUT2D eigenvalue weighted by Gasteiger charge is -2.25. The monoisotopic (exact) mass is 291 g/mol. The molecule has 0 radical (unpaired) electrons. The molecule has 21 heavy (non-hydrogen) atoms. The molecule has 0 spiro atoms. The molecule has 1 aromatic rings. The highest BCUT2D eigenvalue weighted by atomic mass is 16.5. The minimum atomic E-state index is -0.470. The zero-order valence-corrected chi connectivity index (χ0v) is 12.8. The number of aliphatic hydroxyl groups is 1. The SMILES string of the molecule is COCC(C)(C)NC(=O)c1ccc(OC)c(C#CCO)c1. The summed E-state index contributed by atoms with van der Waals surface area (Å²) in [7, 11) is 3.12. The Bertz CT molecular complexity index is 555. The summed E-state index contributed by atoms with van der Waals surface area (Å²) in [5, 5.41) is 11.7. The van der Waals surface area contributed by atoms with Gasteiger partial charge in [0.25, 0.3) is 5.91 Å². The van der Waals surface area contributed by atoms with Crippen molar-refractivity contribution in [2.45, 2.75) is 19.4 Å². The molecule has 0 unspecified atom stereocenters. The zero-order valence-electron chi connectivity index (χ0n) is 12.8. The van der Waals surface area contributed by atoms with Crippen LogP contribution in [0.2, 0.25) is 0 Å². The average Bonchev–Trinajstić information content (AvgIpc) is 2.44. The van der Waals surface area contributed by atoms with Crippen molar-refractivity contribution in [1.82, 2.24) is 5.32 Å². The molecule has 0 aromatic heterocycles. The normalized spacial score (nSPS) is 10.5. The van der Waals surface area contributed by atoms with Crippen LogP contribution in [0.3, 0.4) is 0 Å². The fraction of sp³-hybridized carbons (Fsp3) is 0.438. The minimum Gasteiger partial charge on any atom is -0.495 e. The van der Waals surface area contributed by atoms with Crippen molar-refractivity contribution < 1.29 is 19.4 Å². The lowest BCUT2D eigenvalue weighted by Crippen LogP contribution is -2.46. The summed E-state index contributed by atoms with van der Waals surface area (Å²) in [5.74, 6) is 5.66. The number of hydrogen-bond donors (Lipinski definition) is 2. The molecule has 0 saturated heterocycles. The van der Waals surface area contributed by atoms with Gasteiger partial charge in [0.05, 0.1) is 24.8 Å². The van der Waals surface area contributed by atoms with Gasteiger partial charge in [0.1, 0.15) is 12.4 Å². The molecule has 114 valence electrons. The summed E-state index contributed by atoms with van der Waals surface area (Å²) in [6, 6.07) is 4.99. The Labute approximate surface area is 125 Å².